The Kier molecular flexibility index (Phi) is 3.85. The zero-order valence-corrected chi connectivity index (χ0v) is 13.9. The highest BCUT2D eigenvalue weighted by Gasteiger charge is 2.19. The Morgan fingerprint density at radius 2 is 1.96 bits per heavy atom. The predicted octanol–water partition coefficient (Wildman–Crippen LogP) is 2.33. The molecule has 0 saturated heterocycles. The standard InChI is InChI=1S/C16H17ClN4O2/c1-9(2)8-11-13(17)14-15(22)19-20(16(23)21(14)18-11)12-7-5-4-6-10(12)3/h4-7,9H,8H2,1-3H3,(H,19,22). The molecule has 120 valence electrons. The van der Waals surface area contributed by atoms with Crippen LogP contribution in [0.15, 0.2) is 33.9 Å². The second-order valence-corrected chi connectivity index (χ2v) is 6.34. The molecular formula is C16H17ClN4O2. The van der Waals surface area contributed by atoms with E-state index >= 15 is 0 Å². The SMILES string of the molecule is Cc1ccccc1-n1[nH]c(=O)c2c(Cl)c(CC(C)C)nn2c1=O. The van der Waals surface area contributed by atoms with Crippen LogP contribution >= 0.6 is 11.6 Å². The van der Waals surface area contributed by atoms with Gasteiger partial charge in [-0.2, -0.15) is 9.61 Å². The van der Waals surface area contributed by atoms with Crippen molar-refractivity contribution in [3.63, 3.8) is 0 Å². The van der Waals surface area contributed by atoms with Crippen LogP contribution in [0.1, 0.15) is 25.1 Å². The van der Waals surface area contributed by atoms with Crippen molar-refractivity contribution in [3.05, 3.63) is 61.4 Å². The van der Waals surface area contributed by atoms with Crippen LogP contribution in [0.2, 0.25) is 5.02 Å². The second-order valence-electron chi connectivity index (χ2n) is 5.96. The molecule has 0 unspecified atom stereocenters. The van der Waals surface area contributed by atoms with Crippen molar-refractivity contribution in [2.75, 3.05) is 0 Å². The Morgan fingerprint density at radius 1 is 1.26 bits per heavy atom. The summed E-state index contributed by atoms with van der Waals surface area (Å²) in [6.45, 7) is 5.91. The van der Waals surface area contributed by atoms with Crippen LogP contribution in [-0.2, 0) is 6.42 Å². The van der Waals surface area contributed by atoms with Crippen molar-refractivity contribution in [1.29, 1.82) is 0 Å². The van der Waals surface area contributed by atoms with Gasteiger partial charge in [0, 0.05) is 0 Å². The topological polar surface area (TPSA) is 72.2 Å². The minimum atomic E-state index is -0.453. The first-order chi connectivity index (χ1) is 10.9. The van der Waals surface area contributed by atoms with E-state index < -0.39 is 11.2 Å². The number of aryl methyl sites for hydroxylation is 1. The Bertz CT molecular complexity index is 997. The van der Waals surface area contributed by atoms with Gasteiger partial charge in [-0.05, 0) is 30.9 Å². The number of H-pyrrole nitrogens is 1. The monoisotopic (exact) mass is 332 g/mol. The Balaban J connectivity index is 2.33. The summed E-state index contributed by atoms with van der Waals surface area (Å²) in [5, 5.41) is 7.09. The summed E-state index contributed by atoms with van der Waals surface area (Å²) >= 11 is 6.26. The minimum absolute atomic E-state index is 0.0946. The average molecular weight is 333 g/mol. The Hall–Kier alpha value is -2.34. The largest absolute Gasteiger partial charge is 0.368 e. The maximum Gasteiger partial charge on any atom is 0.368 e. The van der Waals surface area contributed by atoms with Gasteiger partial charge in [0.15, 0.2) is 5.52 Å². The molecule has 0 spiro atoms. The molecule has 0 fully saturated rings. The maximum atomic E-state index is 12.7. The molecule has 1 N–H and O–H groups in total. The first-order valence-electron chi connectivity index (χ1n) is 7.38. The molecular weight excluding hydrogens is 316 g/mol. The lowest BCUT2D eigenvalue weighted by atomic mass is 10.1. The summed E-state index contributed by atoms with van der Waals surface area (Å²) in [6.07, 6.45) is 0.601. The van der Waals surface area contributed by atoms with Crippen LogP contribution in [0.25, 0.3) is 11.2 Å². The van der Waals surface area contributed by atoms with Gasteiger partial charge in [-0.1, -0.05) is 43.6 Å². The van der Waals surface area contributed by atoms with Gasteiger partial charge in [0.1, 0.15) is 0 Å². The number of fused-ring (bicyclic) bond motifs is 1. The number of hydrogen-bond acceptors (Lipinski definition) is 3. The zero-order chi connectivity index (χ0) is 16.7. The number of aromatic nitrogens is 4. The molecule has 0 aliphatic heterocycles. The molecule has 0 aliphatic carbocycles. The van der Waals surface area contributed by atoms with Gasteiger partial charge >= 0.3 is 5.69 Å². The normalized spacial score (nSPS) is 11.5. The van der Waals surface area contributed by atoms with Crippen LogP contribution < -0.4 is 11.2 Å². The molecule has 3 rings (SSSR count). The fraction of sp³-hybridized carbons (Fsp3) is 0.312. The van der Waals surface area contributed by atoms with Crippen LogP contribution in [0, 0.1) is 12.8 Å². The second kappa shape index (κ2) is 5.70. The zero-order valence-electron chi connectivity index (χ0n) is 13.1. The number of nitrogens with zero attached hydrogens (tertiary/aromatic N) is 3. The molecule has 6 nitrogen and oxygen atoms in total. The number of halogens is 1. The molecule has 2 heterocycles. The lowest BCUT2D eigenvalue weighted by Gasteiger charge is -2.08. The Morgan fingerprint density at radius 3 is 2.61 bits per heavy atom. The molecule has 2 aromatic heterocycles. The van der Waals surface area contributed by atoms with Crippen LogP contribution in [-0.4, -0.2) is 19.4 Å². The quantitative estimate of drug-likeness (QED) is 0.800. The van der Waals surface area contributed by atoms with Crippen molar-refractivity contribution in [1.82, 2.24) is 19.4 Å². The molecule has 3 aromatic rings. The van der Waals surface area contributed by atoms with E-state index in [1.807, 2.05) is 32.9 Å². The number of nitrogens with one attached hydrogen (secondary N) is 1. The van der Waals surface area contributed by atoms with Crippen molar-refractivity contribution < 1.29 is 0 Å². The lowest BCUT2D eigenvalue weighted by molar-refractivity contribution is 0.622. The van der Waals surface area contributed by atoms with Crippen LogP contribution in [0.5, 0.6) is 0 Å². The number of benzene rings is 1. The predicted molar refractivity (Wildman–Crippen MR) is 89.7 cm³/mol. The summed E-state index contributed by atoms with van der Waals surface area (Å²) in [5.74, 6) is 0.315. The van der Waals surface area contributed by atoms with Gasteiger partial charge in [-0.15, -0.1) is 0 Å². The number of aromatic amines is 1. The molecule has 0 aliphatic rings. The lowest BCUT2D eigenvalue weighted by Crippen LogP contribution is -2.34. The van der Waals surface area contributed by atoms with Crippen molar-refractivity contribution >= 4 is 17.1 Å². The number of para-hydroxylation sites is 1. The average Bonchev–Trinajstić information content (AvgIpc) is 2.81. The summed E-state index contributed by atoms with van der Waals surface area (Å²) in [6, 6.07) is 7.30. The third-order valence-electron chi connectivity index (χ3n) is 3.65. The van der Waals surface area contributed by atoms with Gasteiger partial charge in [-0.3, -0.25) is 9.89 Å². The van der Waals surface area contributed by atoms with E-state index in [4.69, 9.17) is 11.6 Å². The van der Waals surface area contributed by atoms with E-state index in [1.165, 1.54) is 4.68 Å². The van der Waals surface area contributed by atoms with Crippen LogP contribution in [0.4, 0.5) is 0 Å². The van der Waals surface area contributed by atoms with E-state index in [-0.39, 0.29) is 10.5 Å². The molecule has 7 heteroatoms. The first-order valence-corrected chi connectivity index (χ1v) is 7.76. The highest BCUT2D eigenvalue weighted by molar-refractivity contribution is 6.34. The summed E-state index contributed by atoms with van der Waals surface area (Å²) in [4.78, 5) is 25.1. The Labute approximate surface area is 137 Å². The fourth-order valence-corrected chi connectivity index (χ4v) is 2.85. The van der Waals surface area contributed by atoms with Gasteiger partial charge < -0.3 is 0 Å². The molecule has 1 aromatic carbocycles. The van der Waals surface area contributed by atoms with Crippen LogP contribution in [0.3, 0.4) is 0 Å². The molecule has 0 atom stereocenters. The molecule has 0 saturated carbocycles. The molecule has 0 amide bonds. The van der Waals surface area contributed by atoms with Crippen molar-refractivity contribution in [3.8, 4) is 5.69 Å². The third kappa shape index (κ3) is 2.59. The van der Waals surface area contributed by atoms with E-state index in [9.17, 15) is 9.59 Å². The van der Waals surface area contributed by atoms with E-state index in [2.05, 4.69) is 10.2 Å². The smallest absolute Gasteiger partial charge is 0.266 e. The van der Waals surface area contributed by atoms with E-state index in [0.29, 0.717) is 23.7 Å². The third-order valence-corrected chi connectivity index (χ3v) is 4.05. The summed E-state index contributed by atoms with van der Waals surface area (Å²) < 4.78 is 2.29. The summed E-state index contributed by atoms with van der Waals surface area (Å²) in [5.41, 5.74) is 1.23. The van der Waals surface area contributed by atoms with Gasteiger partial charge in [0.2, 0.25) is 0 Å². The van der Waals surface area contributed by atoms with E-state index in [0.717, 1.165) is 10.1 Å². The first kappa shape index (κ1) is 15.6. The number of hydrogen-bond donors (Lipinski definition) is 1. The highest BCUT2D eigenvalue weighted by atomic mass is 35.5. The molecule has 0 bridgehead atoms. The number of rotatable bonds is 3. The fourth-order valence-electron chi connectivity index (χ4n) is 2.57. The van der Waals surface area contributed by atoms with Gasteiger partial charge in [-0.25, -0.2) is 9.48 Å². The summed E-state index contributed by atoms with van der Waals surface area (Å²) in [7, 11) is 0. The molecule has 23 heavy (non-hydrogen) atoms. The molecule has 0 radical (unpaired) electrons. The van der Waals surface area contributed by atoms with Crippen molar-refractivity contribution in [2.24, 2.45) is 5.92 Å². The van der Waals surface area contributed by atoms with Gasteiger partial charge in [0.25, 0.3) is 5.56 Å². The van der Waals surface area contributed by atoms with Crippen molar-refractivity contribution in [2.45, 2.75) is 27.2 Å². The van der Waals surface area contributed by atoms with E-state index in [1.54, 1.807) is 12.1 Å². The highest BCUT2D eigenvalue weighted by Crippen LogP contribution is 2.21. The van der Waals surface area contributed by atoms with Gasteiger partial charge in [0.05, 0.1) is 16.4 Å². The maximum absolute atomic E-state index is 12.7. The minimum Gasteiger partial charge on any atom is -0.266 e.